The molecule has 0 saturated heterocycles. The first kappa shape index (κ1) is 22.0. The van der Waals surface area contributed by atoms with E-state index in [0.717, 1.165) is 42.2 Å². The molecule has 0 radical (unpaired) electrons. The van der Waals surface area contributed by atoms with Crippen molar-refractivity contribution in [1.82, 2.24) is 4.90 Å². The van der Waals surface area contributed by atoms with Crippen molar-refractivity contribution < 1.29 is 14.3 Å². The van der Waals surface area contributed by atoms with Gasteiger partial charge in [0.15, 0.2) is 0 Å². The second-order valence-corrected chi connectivity index (χ2v) is 9.15. The molecule has 1 amide bonds. The van der Waals surface area contributed by atoms with Crippen molar-refractivity contribution in [2.75, 3.05) is 38.0 Å². The summed E-state index contributed by atoms with van der Waals surface area (Å²) in [5, 5.41) is 3.52. The van der Waals surface area contributed by atoms with Crippen LogP contribution in [-0.4, -0.2) is 44.5 Å². The highest BCUT2D eigenvalue weighted by atomic mass is 32.1. The normalized spacial score (nSPS) is 13.3. The Morgan fingerprint density at radius 1 is 1.09 bits per heavy atom. The van der Waals surface area contributed by atoms with E-state index in [0.29, 0.717) is 16.1 Å². The van der Waals surface area contributed by atoms with Crippen LogP contribution in [0.1, 0.15) is 36.7 Å². The Balaban J connectivity index is 1.56. The predicted molar refractivity (Wildman–Crippen MR) is 129 cm³/mol. The Labute approximate surface area is 192 Å². The van der Waals surface area contributed by atoms with Gasteiger partial charge in [-0.2, -0.15) is 0 Å². The van der Waals surface area contributed by atoms with Gasteiger partial charge in [0.25, 0.3) is 5.91 Å². The first-order chi connectivity index (χ1) is 15.5. The molecule has 32 heavy (non-hydrogen) atoms. The Bertz CT molecular complexity index is 1110. The van der Waals surface area contributed by atoms with Gasteiger partial charge in [0, 0.05) is 49.9 Å². The van der Waals surface area contributed by atoms with Gasteiger partial charge in [-0.15, -0.1) is 11.3 Å². The summed E-state index contributed by atoms with van der Waals surface area (Å²) < 4.78 is 5.05. The Morgan fingerprint density at radius 3 is 2.47 bits per heavy atom. The molecular formula is C25H27N3O3S. The summed E-state index contributed by atoms with van der Waals surface area (Å²) in [6, 6.07) is 17.7. The fourth-order valence-electron chi connectivity index (χ4n) is 3.93. The molecule has 1 aliphatic rings. The lowest BCUT2D eigenvalue weighted by Crippen LogP contribution is -2.29. The van der Waals surface area contributed by atoms with Crippen LogP contribution < -0.4 is 10.2 Å². The largest absolute Gasteiger partial charge is 0.465 e. The van der Waals surface area contributed by atoms with Crippen LogP contribution in [0.15, 0.2) is 54.6 Å². The number of amides is 1. The molecule has 6 nitrogen and oxygen atoms in total. The average molecular weight is 450 g/mol. The molecule has 1 aromatic heterocycles. The molecule has 0 spiro atoms. The van der Waals surface area contributed by atoms with E-state index in [4.69, 9.17) is 4.74 Å². The van der Waals surface area contributed by atoms with E-state index in [1.165, 1.54) is 24.0 Å². The van der Waals surface area contributed by atoms with Gasteiger partial charge in [-0.05, 0) is 41.8 Å². The number of ether oxygens (including phenoxy) is 1. The topological polar surface area (TPSA) is 61.9 Å². The number of esters is 1. The Kier molecular flexibility index (Phi) is 6.58. The molecule has 1 aliphatic heterocycles. The van der Waals surface area contributed by atoms with Gasteiger partial charge in [-0.1, -0.05) is 30.3 Å². The van der Waals surface area contributed by atoms with Gasteiger partial charge in [0.05, 0.1) is 12.7 Å². The number of thiophene rings is 1. The van der Waals surface area contributed by atoms with Gasteiger partial charge in [0.1, 0.15) is 5.00 Å². The Hall–Kier alpha value is -3.16. The van der Waals surface area contributed by atoms with Crippen LogP contribution in [0.4, 0.5) is 10.7 Å². The fourth-order valence-corrected chi connectivity index (χ4v) is 5.20. The van der Waals surface area contributed by atoms with Crippen LogP contribution in [0.5, 0.6) is 0 Å². The maximum absolute atomic E-state index is 12.9. The van der Waals surface area contributed by atoms with E-state index < -0.39 is 5.97 Å². The monoisotopic (exact) mass is 449 g/mol. The van der Waals surface area contributed by atoms with Crippen molar-refractivity contribution in [3.63, 3.8) is 0 Å². The molecule has 1 N–H and O–H groups in total. The van der Waals surface area contributed by atoms with Gasteiger partial charge in [-0.25, -0.2) is 4.79 Å². The maximum Gasteiger partial charge on any atom is 0.341 e. The van der Waals surface area contributed by atoms with Crippen molar-refractivity contribution in [1.29, 1.82) is 0 Å². The molecule has 7 heteroatoms. The standard InChI is InChI=1S/C25H27N3O3S/c1-27(2)19-11-9-18(10-12-19)23(29)26-24-22(25(30)31-3)20-13-14-28(16-21(20)32-24)15-17-7-5-4-6-8-17/h4-12H,13-16H2,1-3H3,(H,26,29). The minimum absolute atomic E-state index is 0.236. The minimum Gasteiger partial charge on any atom is -0.465 e. The molecule has 3 aromatic rings. The van der Waals surface area contributed by atoms with Gasteiger partial charge >= 0.3 is 5.97 Å². The van der Waals surface area contributed by atoms with Gasteiger partial charge in [0.2, 0.25) is 0 Å². The van der Waals surface area contributed by atoms with E-state index in [1.54, 1.807) is 12.1 Å². The highest BCUT2D eigenvalue weighted by Crippen LogP contribution is 2.38. The summed E-state index contributed by atoms with van der Waals surface area (Å²) >= 11 is 1.47. The van der Waals surface area contributed by atoms with Crippen molar-refractivity contribution in [2.45, 2.75) is 19.5 Å². The van der Waals surface area contributed by atoms with E-state index in [1.807, 2.05) is 49.3 Å². The number of benzene rings is 2. The molecule has 0 saturated carbocycles. The van der Waals surface area contributed by atoms with Crippen LogP contribution >= 0.6 is 11.3 Å². The third-order valence-corrected chi connectivity index (χ3v) is 6.78. The van der Waals surface area contributed by atoms with Crippen LogP contribution in [0.3, 0.4) is 0 Å². The smallest absolute Gasteiger partial charge is 0.341 e. The zero-order chi connectivity index (χ0) is 22.7. The zero-order valence-electron chi connectivity index (χ0n) is 18.6. The highest BCUT2D eigenvalue weighted by Gasteiger charge is 2.29. The maximum atomic E-state index is 12.9. The van der Waals surface area contributed by atoms with Crippen LogP contribution in [0.2, 0.25) is 0 Å². The number of carbonyl (C=O) groups excluding carboxylic acids is 2. The third-order valence-electron chi connectivity index (χ3n) is 5.65. The molecular weight excluding hydrogens is 422 g/mol. The first-order valence-electron chi connectivity index (χ1n) is 10.5. The van der Waals surface area contributed by atoms with Crippen molar-refractivity contribution in [3.05, 3.63) is 81.7 Å². The Morgan fingerprint density at radius 2 is 1.81 bits per heavy atom. The zero-order valence-corrected chi connectivity index (χ0v) is 19.4. The molecule has 0 unspecified atom stereocenters. The SMILES string of the molecule is COC(=O)c1c(NC(=O)c2ccc(N(C)C)cc2)sc2c1CCN(Cc1ccccc1)C2. The first-order valence-corrected chi connectivity index (χ1v) is 11.4. The molecule has 2 aromatic carbocycles. The number of fused-ring (bicyclic) bond motifs is 1. The molecule has 0 bridgehead atoms. The molecule has 0 atom stereocenters. The van der Waals surface area contributed by atoms with Crippen molar-refractivity contribution in [3.8, 4) is 0 Å². The molecule has 4 rings (SSSR count). The number of nitrogens with one attached hydrogen (secondary N) is 1. The number of anilines is 2. The summed E-state index contributed by atoms with van der Waals surface area (Å²) in [5.41, 5.74) is 4.30. The van der Waals surface area contributed by atoms with Gasteiger partial charge in [-0.3, -0.25) is 9.69 Å². The predicted octanol–water partition coefficient (Wildman–Crippen LogP) is 4.41. The number of rotatable bonds is 6. The molecule has 0 aliphatic carbocycles. The number of carbonyl (C=O) groups is 2. The van der Waals surface area contributed by atoms with Crippen LogP contribution in [0, 0.1) is 0 Å². The van der Waals surface area contributed by atoms with Crippen molar-refractivity contribution in [2.24, 2.45) is 0 Å². The number of nitrogens with zero attached hydrogens (tertiary/aromatic N) is 2. The third kappa shape index (κ3) is 4.69. The summed E-state index contributed by atoms with van der Waals surface area (Å²) in [5.74, 6) is -0.641. The quantitative estimate of drug-likeness (QED) is 0.565. The highest BCUT2D eigenvalue weighted by molar-refractivity contribution is 7.17. The van der Waals surface area contributed by atoms with Crippen LogP contribution in [0.25, 0.3) is 0 Å². The lowest BCUT2D eigenvalue weighted by molar-refractivity contribution is 0.0600. The van der Waals surface area contributed by atoms with Crippen LogP contribution in [-0.2, 0) is 24.2 Å². The second-order valence-electron chi connectivity index (χ2n) is 8.04. The van der Waals surface area contributed by atoms with E-state index in [9.17, 15) is 9.59 Å². The fraction of sp³-hybridized carbons (Fsp3) is 0.280. The van der Waals surface area contributed by atoms with Gasteiger partial charge < -0.3 is 15.0 Å². The summed E-state index contributed by atoms with van der Waals surface area (Å²) in [7, 11) is 5.28. The molecule has 2 heterocycles. The number of hydrogen-bond donors (Lipinski definition) is 1. The summed E-state index contributed by atoms with van der Waals surface area (Å²) in [6.07, 6.45) is 0.747. The van der Waals surface area contributed by atoms with E-state index in [-0.39, 0.29) is 5.91 Å². The van der Waals surface area contributed by atoms with E-state index in [2.05, 4.69) is 22.3 Å². The molecule has 166 valence electrons. The number of hydrogen-bond acceptors (Lipinski definition) is 6. The van der Waals surface area contributed by atoms with E-state index >= 15 is 0 Å². The minimum atomic E-state index is -0.405. The molecule has 0 fully saturated rings. The van der Waals surface area contributed by atoms with Crippen molar-refractivity contribution >= 4 is 33.9 Å². The summed E-state index contributed by atoms with van der Waals surface area (Å²) in [6.45, 7) is 2.44. The second kappa shape index (κ2) is 9.54. The average Bonchev–Trinajstić information content (AvgIpc) is 3.16. The lowest BCUT2D eigenvalue weighted by Gasteiger charge is -2.27. The summed E-state index contributed by atoms with van der Waals surface area (Å²) in [4.78, 5) is 30.9. The lowest BCUT2D eigenvalue weighted by atomic mass is 10.0. The number of methoxy groups -OCH3 is 1.